The van der Waals surface area contributed by atoms with E-state index in [2.05, 4.69) is 16.7 Å². The van der Waals surface area contributed by atoms with Crippen LogP contribution < -0.4 is 0 Å². The molecule has 3 rings (SSSR count). The Morgan fingerprint density at radius 1 is 1.00 bits per heavy atom. The normalized spacial score (nSPS) is 39.0. The van der Waals surface area contributed by atoms with Gasteiger partial charge in [0.25, 0.3) is 0 Å². The van der Waals surface area contributed by atoms with E-state index in [0.29, 0.717) is 0 Å². The van der Waals surface area contributed by atoms with Crippen LogP contribution in [0.3, 0.4) is 0 Å². The fraction of sp³-hybridized carbons (Fsp3) is 1.00. The maximum Gasteiger partial charge on any atom is 0.0113 e. The predicted octanol–water partition coefficient (Wildman–Crippen LogP) is 1.81. The molecule has 2 nitrogen and oxygen atoms in total. The summed E-state index contributed by atoms with van der Waals surface area (Å²) >= 11 is 0. The van der Waals surface area contributed by atoms with Crippen molar-refractivity contribution in [1.29, 1.82) is 0 Å². The second-order valence-corrected chi connectivity index (χ2v) is 6.01. The molecule has 1 saturated heterocycles. The predicted molar refractivity (Wildman–Crippen MR) is 62.9 cm³/mol. The van der Waals surface area contributed by atoms with Gasteiger partial charge in [-0.25, -0.2) is 0 Å². The van der Waals surface area contributed by atoms with E-state index >= 15 is 0 Å². The Morgan fingerprint density at radius 2 is 1.67 bits per heavy atom. The van der Waals surface area contributed by atoms with Crippen LogP contribution in [0.25, 0.3) is 0 Å². The SMILES string of the molecule is C[C@H]1C[C@@H](N2CCN(CC3CC3)CC2)C1. The zero-order chi connectivity index (χ0) is 10.3. The first-order valence-corrected chi connectivity index (χ1v) is 6.77. The largest absolute Gasteiger partial charge is 0.301 e. The summed E-state index contributed by atoms with van der Waals surface area (Å²) in [6, 6.07) is 0.947. The van der Waals surface area contributed by atoms with E-state index in [1.54, 1.807) is 0 Å². The number of hydrogen-bond acceptors (Lipinski definition) is 2. The average Bonchev–Trinajstić information content (AvgIpc) is 2.99. The first-order valence-electron chi connectivity index (χ1n) is 6.77. The number of rotatable bonds is 3. The Morgan fingerprint density at radius 3 is 2.20 bits per heavy atom. The van der Waals surface area contributed by atoms with Gasteiger partial charge in [0.1, 0.15) is 0 Å². The lowest BCUT2D eigenvalue weighted by atomic mass is 9.80. The molecule has 3 fully saturated rings. The highest BCUT2D eigenvalue weighted by atomic mass is 15.3. The minimum atomic E-state index is 0.947. The van der Waals surface area contributed by atoms with Gasteiger partial charge in [-0.15, -0.1) is 0 Å². The molecule has 86 valence electrons. The van der Waals surface area contributed by atoms with Crippen molar-refractivity contribution < 1.29 is 0 Å². The monoisotopic (exact) mass is 208 g/mol. The first-order chi connectivity index (χ1) is 7.31. The topological polar surface area (TPSA) is 6.48 Å². The zero-order valence-electron chi connectivity index (χ0n) is 9.99. The Kier molecular flexibility index (Phi) is 2.73. The van der Waals surface area contributed by atoms with Gasteiger partial charge in [-0.3, -0.25) is 4.90 Å². The molecule has 0 atom stereocenters. The van der Waals surface area contributed by atoms with Crippen molar-refractivity contribution in [3.8, 4) is 0 Å². The summed E-state index contributed by atoms with van der Waals surface area (Å²) in [7, 11) is 0. The maximum absolute atomic E-state index is 2.74. The standard InChI is InChI=1S/C13H24N2/c1-11-8-13(9-11)15-6-4-14(5-7-15)10-12-2-3-12/h11-13H,2-10H2,1H3/t11-,13+. The molecule has 1 aliphatic heterocycles. The van der Waals surface area contributed by atoms with E-state index in [0.717, 1.165) is 17.9 Å². The molecular formula is C13H24N2. The minimum Gasteiger partial charge on any atom is -0.301 e. The van der Waals surface area contributed by atoms with Crippen LogP contribution in [0.15, 0.2) is 0 Å². The maximum atomic E-state index is 2.74. The van der Waals surface area contributed by atoms with Crippen molar-refractivity contribution in [2.45, 2.75) is 38.6 Å². The Bertz CT molecular complexity index is 211. The van der Waals surface area contributed by atoms with Gasteiger partial charge in [0.15, 0.2) is 0 Å². The minimum absolute atomic E-state index is 0.947. The lowest BCUT2D eigenvalue weighted by Crippen LogP contribution is -2.53. The van der Waals surface area contributed by atoms with E-state index in [1.165, 1.54) is 58.4 Å². The second-order valence-electron chi connectivity index (χ2n) is 6.01. The second kappa shape index (κ2) is 4.06. The lowest BCUT2D eigenvalue weighted by Gasteiger charge is -2.45. The van der Waals surface area contributed by atoms with Gasteiger partial charge < -0.3 is 4.90 Å². The molecule has 0 bridgehead atoms. The van der Waals surface area contributed by atoms with Gasteiger partial charge in [-0.1, -0.05) is 6.92 Å². The van der Waals surface area contributed by atoms with Crippen molar-refractivity contribution in [3.05, 3.63) is 0 Å². The van der Waals surface area contributed by atoms with Crippen LogP contribution in [0.2, 0.25) is 0 Å². The van der Waals surface area contributed by atoms with Crippen molar-refractivity contribution in [3.63, 3.8) is 0 Å². The van der Waals surface area contributed by atoms with Gasteiger partial charge in [-0.05, 0) is 37.5 Å². The molecule has 0 aromatic heterocycles. The fourth-order valence-electron chi connectivity index (χ4n) is 3.13. The van der Waals surface area contributed by atoms with Crippen molar-refractivity contribution in [2.24, 2.45) is 11.8 Å². The molecule has 2 heteroatoms. The van der Waals surface area contributed by atoms with E-state index in [-0.39, 0.29) is 0 Å². The van der Waals surface area contributed by atoms with E-state index in [4.69, 9.17) is 0 Å². The molecule has 0 radical (unpaired) electrons. The molecule has 0 N–H and O–H groups in total. The van der Waals surface area contributed by atoms with Crippen molar-refractivity contribution in [2.75, 3.05) is 32.7 Å². The van der Waals surface area contributed by atoms with Gasteiger partial charge >= 0.3 is 0 Å². The quantitative estimate of drug-likeness (QED) is 0.698. The molecule has 0 amide bonds. The average molecular weight is 208 g/mol. The highest BCUT2D eigenvalue weighted by Crippen LogP contribution is 2.33. The Labute approximate surface area is 93.6 Å². The summed E-state index contributed by atoms with van der Waals surface area (Å²) in [4.78, 5) is 5.43. The molecule has 15 heavy (non-hydrogen) atoms. The van der Waals surface area contributed by atoms with Crippen LogP contribution in [0, 0.1) is 11.8 Å². The van der Waals surface area contributed by atoms with Crippen LogP contribution in [-0.2, 0) is 0 Å². The van der Waals surface area contributed by atoms with Crippen LogP contribution in [0.5, 0.6) is 0 Å². The summed E-state index contributed by atoms with van der Waals surface area (Å²) in [6.45, 7) is 9.13. The summed E-state index contributed by atoms with van der Waals surface area (Å²) in [5.74, 6) is 2.07. The van der Waals surface area contributed by atoms with Gasteiger partial charge in [-0.2, -0.15) is 0 Å². The summed E-state index contributed by atoms with van der Waals surface area (Å²) in [6.07, 6.45) is 5.92. The molecule has 1 heterocycles. The molecule has 3 aliphatic rings. The molecule has 2 saturated carbocycles. The molecule has 0 aromatic rings. The first kappa shape index (κ1) is 10.1. The smallest absolute Gasteiger partial charge is 0.0113 e. The van der Waals surface area contributed by atoms with Crippen molar-refractivity contribution in [1.82, 2.24) is 9.80 Å². The summed E-state index contributed by atoms with van der Waals surface area (Å²) < 4.78 is 0. The van der Waals surface area contributed by atoms with Gasteiger partial charge in [0.05, 0.1) is 0 Å². The molecule has 2 aliphatic carbocycles. The summed E-state index contributed by atoms with van der Waals surface area (Å²) in [5, 5.41) is 0. The third-order valence-corrected chi connectivity index (χ3v) is 4.49. The van der Waals surface area contributed by atoms with Gasteiger partial charge in [0, 0.05) is 38.8 Å². The van der Waals surface area contributed by atoms with Crippen LogP contribution in [0.4, 0.5) is 0 Å². The highest BCUT2D eigenvalue weighted by Gasteiger charge is 2.33. The Balaban J connectivity index is 1.40. The molecule has 0 spiro atoms. The third-order valence-electron chi connectivity index (χ3n) is 4.49. The van der Waals surface area contributed by atoms with E-state index in [9.17, 15) is 0 Å². The molecule has 0 aromatic carbocycles. The number of hydrogen-bond donors (Lipinski definition) is 0. The van der Waals surface area contributed by atoms with E-state index < -0.39 is 0 Å². The Hall–Kier alpha value is -0.0800. The van der Waals surface area contributed by atoms with Crippen LogP contribution in [0.1, 0.15) is 32.6 Å². The zero-order valence-corrected chi connectivity index (χ0v) is 9.99. The lowest BCUT2D eigenvalue weighted by molar-refractivity contribution is 0.0369. The number of piperazine rings is 1. The molecule has 0 unspecified atom stereocenters. The highest BCUT2D eigenvalue weighted by molar-refractivity contribution is 4.88. The fourth-order valence-corrected chi connectivity index (χ4v) is 3.13. The summed E-state index contributed by atoms with van der Waals surface area (Å²) in [5.41, 5.74) is 0. The van der Waals surface area contributed by atoms with Crippen molar-refractivity contribution >= 4 is 0 Å². The van der Waals surface area contributed by atoms with Crippen LogP contribution >= 0.6 is 0 Å². The van der Waals surface area contributed by atoms with Crippen LogP contribution in [-0.4, -0.2) is 48.6 Å². The number of nitrogens with zero attached hydrogens (tertiary/aromatic N) is 2. The third kappa shape index (κ3) is 2.36. The van der Waals surface area contributed by atoms with E-state index in [1.807, 2.05) is 0 Å². The van der Waals surface area contributed by atoms with Gasteiger partial charge in [0.2, 0.25) is 0 Å². The molecular weight excluding hydrogens is 184 g/mol.